The van der Waals surface area contributed by atoms with Crippen LogP contribution in [0, 0.1) is 5.82 Å². The summed E-state index contributed by atoms with van der Waals surface area (Å²) in [6.45, 7) is 1.14. The molecule has 0 aliphatic rings. The Labute approximate surface area is 171 Å². The maximum atomic E-state index is 13.4. The average Bonchev–Trinajstić information content (AvgIpc) is 2.70. The Morgan fingerprint density at radius 1 is 1.23 bits per heavy atom. The third-order valence-electron chi connectivity index (χ3n) is 5.21. The maximum Gasteiger partial charge on any atom is 0.264 e. The second-order valence-electron chi connectivity index (χ2n) is 7.20. The summed E-state index contributed by atoms with van der Waals surface area (Å²) >= 11 is 0. The van der Waals surface area contributed by atoms with Crippen molar-refractivity contribution >= 4 is 26.6 Å². The predicted octanol–water partition coefficient (Wildman–Crippen LogP) is 1.90. The number of carbonyl (C=O) groups excluding carboxylic acids is 1. The number of aryl methyl sites for hydroxylation is 1. The van der Waals surface area contributed by atoms with Gasteiger partial charge in [0.15, 0.2) is 14.6 Å². The number of rotatable bonds is 6. The molecule has 1 aromatic carbocycles. The number of nitrogens with one attached hydrogen (secondary N) is 1. The van der Waals surface area contributed by atoms with Crippen LogP contribution in [0.3, 0.4) is 0 Å². The van der Waals surface area contributed by atoms with E-state index in [-0.39, 0.29) is 13.0 Å². The van der Waals surface area contributed by atoms with E-state index in [4.69, 9.17) is 5.21 Å². The number of amides is 1. The van der Waals surface area contributed by atoms with Crippen LogP contribution in [0.4, 0.5) is 4.39 Å². The topological polar surface area (TPSA) is 118 Å². The van der Waals surface area contributed by atoms with Crippen LogP contribution >= 0.6 is 0 Å². The third kappa shape index (κ3) is 4.10. The lowest BCUT2D eigenvalue weighted by atomic mass is 10.0. The van der Waals surface area contributed by atoms with Crippen LogP contribution in [0.5, 0.6) is 0 Å². The lowest BCUT2D eigenvalue weighted by Gasteiger charge is -2.25. The zero-order valence-electron chi connectivity index (χ0n) is 16.3. The van der Waals surface area contributed by atoms with Crippen molar-refractivity contribution < 1.29 is 22.8 Å². The number of hydrogen-bond donors (Lipinski definition) is 2. The van der Waals surface area contributed by atoms with Crippen molar-refractivity contribution in [2.45, 2.75) is 24.6 Å². The van der Waals surface area contributed by atoms with Gasteiger partial charge in [0.05, 0.1) is 11.7 Å². The standard InChI is InChI=1S/C20H20FN3O5S/c1-20(19(26)23-27,30(2,28)29)6-8-24-7-5-14(11-18(24)25)13-3-4-17-15(9-13)10-16(21)12-22-17/h3-5,7,9-12,27H,6,8H2,1-2H3,(H,23,26)/t20-/m1/s1. The summed E-state index contributed by atoms with van der Waals surface area (Å²) in [5.41, 5.74) is 2.89. The van der Waals surface area contributed by atoms with Crippen molar-refractivity contribution in [2.24, 2.45) is 0 Å². The fourth-order valence-electron chi connectivity index (χ4n) is 3.08. The molecule has 0 radical (unpaired) electrons. The first-order valence-corrected chi connectivity index (χ1v) is 10.8. The normalized spacial score (nSPS) is 13.7. The van der Waals surface area contributed by atoms with Gasteiger partial charge in [-0.2, -0.15) is 0 Å². The first-order valence-electron chi connectivity index (χ1n) is 8.95. The predicted molar refractivity (Wildman–Crippen MR) is 109 cm³/mol. The van der Waals surface area contributed by atoms with Crippen LogP contribution in [-0.2, 0) is 21.2 Å². The van der Waals surface area contributed by atoms with Gasteiger partial charge in [0, 0.05) is 30.4 Å². The highest BCUT2D eigenvalue weighted by Gasteiger charge is 2.43. The number of pyridine rings is 2. The van der Waals surface area contributed by atoms with Crippen molar-refractivity contribution in [3.05, 3.63) is 65.0 Å². The Bertz CT molecular complexity index is 1290. The van der Waals surface area contributed by atoms with Crippen LogP contribution in [0.15, 0.2) is 53.6 Å². The number of halogens is 1. The Kier molecular flexibility index (Phi) is 5.73. The molecular weight excluding hydrogens is 413 g/mol. The Morgan fingerprint density at radius 3 is 2.57 bits per heavy atom. The minimum Gasteiger partial charge on any atom is -0.315 e. The van der Waals surface area contributed by atoms with E-state index < -0.39 is 31.9 Å². The molecule has 1 atom stereocenters. The Morgan fingerprint density at radius 2 is 1.93 bits per heavy atom. The SMILES string of the molecule is C[C@@](CCn1ccc(-c2ccc3ncc(F)cc3c2)cc1=O)(C(=O)NO)S(C)(=O)=O. The van der Waals surface area contributed by atoms with Gasteiger partial charge in [-0.25, -0.2) is 18.3 Å². The lowest BCUT2D eigenvalue weighted by molar-refractivity contribution is -0.131. The molecular formula is C20H20FN3O5S. The summed E-state index contributed by atoms with van der Waals surface area (Å²) in [5.74, 6) is -1.53. The molecule has 0 spiro atoms. The van der Waals surface area contributed by atoms with E-state index in [1.807, 2.05) is 0 Å². The molecule has 158 valence electrons. The van der Waals surface area contributed by atoms with E-state index >= 15 is 0 Å². The van der Waals surface area contributed by atoms with Crippen LogP contribution in [0.2, 0.25) is 0 Å². The molecule has 30 heavy (non-hydrogen) atoms. The first-order chi connectivity index (χ1) is 14.0. The minimum absolute atomic E-state index is 0.0526. The molecule has 0 aliphatic carbocycles. The van der Waals surface area contributed by atoms with Gasteiger partial charge < -0.3 is 4.57 Å². The van der Waals surface area contributed by atoms with Crippen molar-refractivity contribution in [1.29, 1.82) is 0 Å². The molecule has 8 nitrogen and oxygen atoms in total. The van der Waals surface area contributed by atoms with Crippen molar-refractivity contribution in [2.75, 3.05) is 6.26 Å². The van der Waals surface area contributed by atoms with Gasteiger partial charge in [-0.3, -0.25) is 19.8 Å². The summed E-state index contributed by atoms with van der Waals surface area (Å²) in [7, 11) is -3.86. The molecule has 0 aliphatic heterocycles. The van der Waals surface area contributed by atoms with E-state index in [2.05, 4.69) is 4.98 Å². The molecule has 1 amide bonds. The van der Waals surface area contributed by atoms with E-state index in [0.717, 1.165) is 12.5 Å². The van der Waals surface area contributed by atoms with E-state index in [0.29, 0.717) is 22.0 Å². The third-order valence-corrected chi connectivity index (χ3v) is 7.23. The van der Waals surface area contributed by atoms with E-state index in [1.165, 1.54) is 35.3 Å². The highest BCUT2D eigenvalue weighted by atomic mass is 32.2. The molecule has 0 unspecified atom stereocenters. The van der Waals surface area contributed by atoms with Crippen molar-refractivity contribution in [3.8, 4) is 11.1 Å². The molecule has 2 heterocycles. The molecule has 3 aromatic rings. The molecule has 0 bridgehead atoms. The number of aromatic nitrogens is 2. The monoisotopic (exact) mass is 433 g/mol. The Hall–Kier alpha value is -3.11. The fraction of sp³-hybridized carbons (Fsp3) is 0.250. The molecule has 10 heteroatoms. The molecule has 0 saturated carbocycles. The maximum absolute atomic E-state index is 13.4. The van der Waals surface area contributed by atoms with Gasteiger partial charge in [0.2, 0.25) is 0 Å². The average molecular weight is 433 g/mol. The molecule has 0 saturated heterocycles. The van der Waals surface area contributed by atoms with Gasteiger partial charge in [-0.05, 0) is 48.7 Å². The number of hydroxylamine groups is 1. The Balaban J connectivity index is 1.89. The van der Waals surface area contributed by atoms with Gasteiger partial charge in [-0.15, -0.1) is 0 Å². The number of benzene rings is 1. The van der Waals surface area contributed by atoms with Gasteiger partial charge in [-0.1, -0.05) is 6.07 Å². The van der Waals surface area contributed by atoms with Crippen molar-refractivity contribution in [3.63, 3.8) is 0 Å². The summed E-state index contributed by atoms with van der Waals surface area (Å²) < 4.78 is 36.9. The number of hydrogen-bond acceptors (Lipinski definition) is 6. The summed E-state index contributed by atoms with van der Waals surface area (Å²) in [6.07, 6.45) is 3.31. The highest BCUT2D eigenvalue weighted by molar-refractivity contribution is 7.92. The first kappa shape index (κ1) is 21.6. The molecule has 3 rings (SSSR count). The zero-order valence-corrected chi connectivity index (χ0v) is 17.1. The number of sulfone groups is 1. The van der Waals surface area contributed by atoms with Gasteiger partial charge >= 0.3 is 0 Å². The summed E-state index contributed by atoms with van der Waals surface area (Å²) in [4.78, 5) is 28.4. The van der Waals surface area contributed by atoms with Crippen LogP contribution in [0.1, 0.15) is 13.3 Å². The van der Waals surface area contributed by atoms with Crippen LogP contribution < -0.4 is 11.0 Å². The minimum atomic E-state index is -3.86. The quantitative estimate of drug-likeness (QED) is 0.453. The van der Waals surface area contributed by atoms with E-state index in [1.54, 1.807) is 24.3 Å². The van der Waals surface area contributed by atoms with Gasteiger partial charge in [0.25, 0.3) is 11.5 Å². The van der Waals surface area contributed by atoms with Crippen LogP contribution in [0.25, 0.3) is 22.0 Å². The number of carbonyl (C=O) groups is 1. The fourth-order valence-corrected chi connectivity index (χ4v) is 3.92. The number of nitrogens with zero attached hydrogens (tertiary/aromatic N) is 2. The lowest BCUT2D eigenvalue weighted by Crippen LogP contribution is -2.49. The molecule has 2 N–H and O–H groups in total. The van der Waals surface area contributed by atoms with Crippen molar-refractivity contribution in [1.82, 2.24) is 15.0 Å². The molecule has 0 fully saturated rings. The summed E-state index contributed by atoms with van der Waals surface area (Å²) in [5, 5.41) is 9.47. The van der Waals surface area contributed by atoms with E-state index in [9.17, 15) is 22.4 Å². The second kappa shape index (κ2) is 7.96. The second-order valence-corrected chi connectivity index (χ2v) is 9.65. The largest absolute Gasteiger partial charge is 0.315 e. The summed E-state index contributed by atoms with van der Waals surface area (Å²) in [6, 6.07) is 9.60. The molecule has 2 aromatic heterocycles. The van der Waals surface area contributed by atoms with Gasteiger partial charge in [0.1, 0.15) is 5.82 Å². The highest BCUT2D eigenvalue weighted by Crippen LogP contribution is 2.24. The zero-order chi connectivity index (χ0) is 22.1. The number of fused-ring (bicyclic) bond motifs is 1. The van der Waals surface area contributed by atoms with Crippen LogP contribution in [-0.4, -0.2) is 40.1 Å². The smallest absolute Gasteiger partial charge is 0.264 e.